The Labute approximate surface area is 105 Å². The van der Waals surface area contributed by atoms with Crippen molar-refractivity contribution in [1.29, 1.82) is 0 Å². The summed E-state index contributed by atoms with van der Waals surface area (Å²) in [6.07, 6.45) is 3.48. The van der Waals surface area contributed by atoms with Crippen molar-refractivity contribution in [3.05, 3.63) is 0 Å². The second kappa shape index (κ2) is 7.67. The topological polar surface area (TPSA) is 44.4 Å². The molecular weight excluding hydrogens is 214 g/mol. The van der Waals surface area contributed by atoms with Gasteiger partial charge in [0.25, 0.3) is 0 Å². The summed E-state index contributed by atoms with van der Waals surface area (Å²) in [5.41, 5.74) is 0. The molecule has 2 N–H and O–H groups in total. The monoisotopic (exact) mass is 241 g/mol. The van der Waals surface area contributed by atoms with Crippen molar-refractivity contribution in [3.8, 4) is 0 Å². The highest BCUT2D eigenvalue weighted by Crippen LogP contribution is 2.15. The Morgan fingerprint density at radius 1 is 1.47 bits per heavy atom. The second-order valence-corrected chi connectivity index (χ2v) is 5.36. The minimum Gasteiger partial charge on any atom is -0.355 e. The molecule has 1 saturated heterocycles. The molecule has 0 aromatic rings. The van der Waals surface area contributed by atoms with E-state index in [2.05, 4.69) is 29.4 Å². The third-order valence-corrected chi connectivity index (χ3v) is 3.33. The van der Waals surface area contributed by atoms with Crippen LogP contribution >= 0.6 is 0 Å². The number of likely N-dealkylation sites (N-methyl/N-ethyl adjacent to an activating group) is 1. The number of nitrogens with zero attached hydrogens (tertiary/aromatic N) is 1. The Hall–Kier alpha value is -0.610. The molecule has 17 heavy (non-hydrogen) atoms. The van der Waals surface area contributed by atoms with Gasteiger partial charge in [-0.2, -0.15) is 0 Å². The van der Waals surface area contributed by atoms with E-state index in [0.29, 0.717) is 18.5 Å². The summed E-state index contributed by atoms with van der Waals surface area (Å²) in [6.45, 7) is 7.76. The summed E-state index contributed by atoms with van der Waals surface area (Å²) in [7, 11) is 1.97. The maximum absolute atomic E-state index is 11.8. The van der Waals surface area contributed by atoms with Gasteiger partial charge in [0.1, 0.15) is 0 Å². The van der Waals surface area contributed by atoms with E-state index >= 15 is 0 Å². The number of carbonyl (C=O) groups is 1. The lowest BCUT2D eigenvalue weighted by atomic mass is 10.1. The van der Waals surface area contributed by atoms with Gasteiger partial charge in [-0.1, -0.05) is 13.8 Å². The van der Waals surface area contributed by atoms with Crippen molar-refractivity contribution in [2.24, 2.45) is 5.92 Å². The second-order valence-electron chi connectivity index (χ2n) is 5.36. The van der Waals surface area contributed by atoms with Crippen molar-refractivity contribution >= 4 is 5.91 Å². The number of carbonyl (C=O) groups excluding carboxylic acids is 1. The van der Waals surface area contributed by atoms with E-state index in [4.69, 9.17) is 0 Å². The van der Waals surface area contributed by atoms with Crippen LogP contribution in [0.4, 0.5) is 0 Å². The molecule has 1 fully saturated rings. The van der Waals surface area contributed by atoms with Crippen LogP contribution in [-0.2, 0) is 4.79 Å². The van der Waals surface area contributed by atoms with E-state index in [1.54, 1.807) is 0 Å². The zero-order valence-corrected chi connectivity index (χ0v) is 11.5. The van der Waals surface area contributed by atoms with Crippen LogP contribution in [0, 0.1) is 5.92 Å². The van der Waals surface area contributed by atoms with Crippen LogP contribution in [0.25, 0.3) is 0 Å². The first-order valence-electron chi connectivity index (χ1n) is 6.78. The summed E-state index contributed by atoms with van der Waals surface area (Å²) < 4.78 is 0. The number of hydrogen-bond donors (Lipinski definition) is 2. The van der Waals surface area contributed by atoms with Crippen molar-refractivity contribution in [1.82, 2.24) is 15.5 Å². The van der Waals surface area contributed by atoms with Crippen LogP contribution in [0.2, 0.25) is 0 Å². The van der Waals surface area contributed by atoms with Gasteiger partial charge < -0.3 is 10.6 Å². The average molecular weight is 241 g/mol. The van der Waals surface area contributed by atoms with Crippen molar-refractivity contribution in [3.63, 3.8) is 0 Å². The molecule has 4 heteroatoms. The van der Waals surface area contributed by atoms with Crippen LogP contribution < -0.4 is 10.6 Å². The lowest BCUT2D eigenvalue weighted by molar-refractivity contribution is -0.122. The van der Waals surface area contributed by atoms with Gasteiger partial charge in [0, 0.05) is 19.1 Å². The first-order chi connectivity index (χ1) is 8.13. The molecule has 1 aliphatic rings. The number of rotatable bonds is 7. The molecule has 1 amide bonds. The highest BCUT2D eigenvalue weighted by molar-refractivity contribution is 5.78. The fourth-order valence-corrected chi connectivity index (χ4v) is 2.31. The highest BCUT2D eigenvalue weighted by atomic mass is 16.2. The molecule has 4 nitrogen and oxygen atoms in total. The van der Waals surface area contributed by atoms with E-state index in [9.17, 15) is 4.79 Å². The molecule has 1 atom stereocenters. The minimum atomic E-state index is 0.175. The lowest BCUT2D eigenvalue weighted by Gasteiger charge is -2.23. The predicted molar refractivity (Wildman–Crippen MR) is 71.0 cm³/mol. The van der Waals surface area contributed by atoms with Gasteiger partial charge in [0.05, 0.1) is 6.54 Å². The van der Waals surface area contributed by atoms with Gasteiger partial charge >= 0.3 is 0 Å². The quantitative estimate of drug-likeness (QED) is 0.694. The largest absolute Gasteiger partial charge is 0.355 e. The van der Waals surface area contributed by atoms with Crippen molar-refractivity contribution in [2.45, 2.75) is 39.2 Å². The van der Waals surface area contributed by atoms with Crippen molar-refractivity contribution < 1.29 is 4.79 Å². The summed E-state index contributed by atoms with van der Waals surface area (Å²) in [4.78, 5) is 14.1. The van der Waals surface area contributed by atoms with Crippen LogP contribution in [0.15, 0.2) is 0 Å². The molecule has 1 unspecified atom stereocenters. The van der Waals surface area contributed by atoms with Crippen LogP contribution in [0.5, 0.6) is 0 Å². The fourth-order valence-electron chi connectivity index (χ4n) is 2.31. The molecular formula is C13H27N3O. The summed E-state index contributed by atoms with van der Waals surface area (Å²) in [5, 5.41) is 6.20. The van der Waals surface area contributed by atoms with Gasteiger partial charge in [-0.05, 0) is 38.8 Å². The maximum Gasteiger partial charge on any atom is 0.234 e. The zero-order valence-electron chi connectivity index (χ0n) is 11.5. The van der Waals surface area contributed by atoms with E-state index in [1.807, 2.05) is 7.05 Å². The molecule has 0 radical (unpaired) electrons. The molecule has 0 aromatic carbocycles. The van der Waals surface area contributed by atoms with Crippen LogP contribution in [-0.4, -0.2) is 50.1 Å². The van der Waals surface area contributed by atoms with Gasteiger partial charge in [0.15, 0.2) is 0 Å². The first kappa shape index (κ1) is 14.5. The van der Waals surface area contributed by atoms with Crippen LogP contribution in [0.3, 0.4) is 0 Å². The average Bonchev–Trinajstić information content (AvgIpc) is 2.66. The number of nitrogens with one attached hydrogen (secondary N) is 2. The Balaban J connectivity index is 2.20. The predicted octanol–water partition coefficient (Wildman–Crippen LogP) is 0.833. The van der Waals surface area contributed by atoms with E-state index in [1.165, 1.54) is 12.8 Å². The molecule has 0 saturated carbocycles. The summed E-state index contributed by atoms with van der Waals surface area (Å²) in [5.74, 6) is 0.827. The Morgan fingerprint density at radius 3 is 2.88 bits per heavy atom. The number of likely N-dealkylation sites (tertiary alicyclic amines) is 1. The van der Waals surface area contributed by atoms with E-state index in [0.717, 1.165) is 26.1 Å². The fraction of sp³-hybridized carbons (Fsp3) is 0.923. The SMILES string of the molecule is CNCC1CCCN1CC(=O)NCCC(C)C. The Kier molecular flexibility index (Phi) is 6.52. The summed E-state index contributed by atoms with van der Waals surface area (Å²) in [6, 6.07) is 0.538. The van der Waals surface area contributed by atoms with Crippen molar-refractivity contribution in [2.75, 3.05) is 33.2 Å². The smallest absolute Gasteiger partial charge is 0.234 e. The first-order valence-corrected chi connectivity index (χ1v) is 6.78. The molecule has 0 bridgehead atoms. The molecule has 1 aliphatic heterocycles. The van der Waals surface area contributed by atoms with Gasteiger partial charge in [0.2, 0.25) is 5.91 Å². The molecule has 0 aromatic heterocycles. The van der Waals surface area contributed by atoms with E-state index < -0.39 is 0 Å². The molecule has 0 spiro atoms. The Bertz CT molecular complexity index is 231. The third kappa shape index (κ3) is 5.50. The minimum absolute atomic E-state index is 0.175. The number of amides is 1. The molecule has 1 rings (SSSR count). The Morgan fingerprint density at radius 2 is 2.24 bits per heavy atom. The van der Waals surface area contributed by atoms with E-state index in [-0.39, 0.29) is 5.91 Å². The molecule has 1 heterocycles. The molecule has 100 valence electrons. The zero-order chi connectivity index (χ0) is 12.7. The third-order valence-electron chi connectivity index (χ3n) is 3.33. The van der Waals surface area contributed by atoms with Gasteiger partial charge in [-0.25, -0.2) is 0 Å². The number of hydrogen-bond acceptors (Lipinski definition) is 3. The summed E-state index contributed by atoms with van der Waals surface area (Å²) >= 11 is 0. The molecule has 0 aliphatic carbocycles. The lowest BCUT2D eigenvalue weighted by Crippen LogP contribution is -2.43. The van der Waals surface area contributed by atoms with Crippen LogP contribution in [0.1, 0.15) is 33.1 Å². The highest BCUT2D eigenvalue weighted by Gasteiger charge is 2.25. The maximum atomic E-state index is 11.8. The van der Waals surface area contributed by atoms with Gasteiger partial charge in [-0.3, -0.25) is 9.69 Å². The standard InChI is InChI=1S/C13H27N3O/c1-11(2)6-7-15-13(17)10-16-8-4-5-12(16)9-14-3/h11-12,14H,4-10H2,1-3H3,(H,15,17). The van der Waals surface area contributed by atoms with Gasteiger partial charge in [-0.15, -0.1) is 0 Å². The normalized spacial score (nSPS) is 21.1.